The van der Waals surface area contributed by atoms with Crippen LogP contribution < -0.4 is 0 Å². The fourth-order valence-corrected chi connectivity index (χ4v) is 3.39. The molecule has 0 aromatic carbocycles. The predicted molar refractivity (Wildman–Crippen MR) is 78.9 cm³/mol. The summed E-state index contributed by atoms with van der Waals surface area (Å²) in [6.07, 6.45) is 10.1. The van der Waals surface area contributed by atoms with Gasteiger partial charge in [-0.3, -0.25) is 0 Å². The number of alkyl halides is 2. The molecule has 2 unspecified atom stereocenters. The van der Waals surface area contributed by atoms with Gasteiger partial charge in [-0.2, -0.15) is 0 Å². The number of rotatable bonds is 7. The highest BCUT2D eigenvalue weighted by atomic mass is 19.2. The summed E-state index contributed by atoms with van der Waals surface area (Å²) in [6, 6.07) is 0. The summed E-state index contributed by atoms with van der Waals surface area (Å²) in [5.74, 6) is 0. The fraction of sp³-hybridized carbons (Fsp3) is 0.882. The van der Waals surface area contributed by atoms with Crippen molar-refractivity contribution < 1.29 is 8.78 Å². The quantitative estimate of drug-likeness (QED) is 0.384. The first kappa shape index (κ1) is 16.7. The monoisotopic (exact) mass is 272 g/mol. The molecule has 0 aromatic heterocycles. The molecule has 0 N–H and O–H groups in total. The fourth-order valence-electron chi connectivity index (χ4n) is 3.39. The zero-order valence-electron chi connectivity index (χ0n) is 12.9. The zero-order valence-corrected chi connectivity index (χ0v) is 12.9. The number of halogens is 2. The average Bonchev–Trinajstić information content (AvgIpc) is 2.27. The molecule has 1 fully saturated rings. The van der Waals surface area contributed by atoms with E-state index in [-0.39, 0.29) is 5.41 Å². The van der Waals surface area contributed by atoms with Gasteiger partial charge < -0.3 is 0 Å². The molecular formula is C17H30F2. The van der Waals surface area contributed by atoms with Gasteiger partial charge >= 0.3 is 0 Å². The Kier molecular flexibility index (Phi) is 5.58. The largest absolute Gasteiger partial charge is 0.241 e. The third kappa shape index (κ3) is 4.57. The van der Waals surface area contributed by atoms with Crippen molar-refractivity contribution >= 4 is 0 Å². The molecule has 19 heavy (non-hydrogen) atoms. The van der Waals surface area contributed by atoms with Gasteiger partial charge in [0.2, 0.25) is 0 Å². The predicted octanol–water partition coefficient (Wildman–Crippen LogP) is 6.16. The van der Waals surface area contributed by atoms with E-state index >= 15 is 0 Å². The zero-order chi connectivity index (χ0) is 14.6. The van der Waals surface area contributed by atoms with Gasteiger partial charge in [-0.25, -0.2) is 8.78 Å². The minimum atomic E-state index is -1.72. The molecule has 1 aliphatic carbocycles. The van der Waals surface area contributed by atoms with Gasteiger partial charge in [0, 0.05) is 0 Å². The normalized spacial score (nSPS) is 32.3. The second-order valence-corrected chi connectivity index (χ2v) is 7.17. The summed E-state index contributed by atoms with van der Waals surface area (Å²) in [4.78, 5) is 0. The second kappa shape index (κ2) is 6.37. The van der Waals surface area contributed by atoms with Crippen LogP contribution in [0.5, 0.6) is 0 Å². The van der Waals surface area contributed by atoms with E-state index in [9.17, 15) is 8.78 Å². The van der Waals surface area contributed by atoms with Crippen LogP contribution in [-0.4, -0.2) is 11.3 Å². The standard InChI is InChI=1S/C17H30F2/c1-5-6-7-8-9-11-16(4)12-10-13-17(19,14-16)15(2,3)18/h5H,1,6-14H2,2-4H3. The molecule has 1 saturated carbocycles. The molecule has 0 spiro atoms. The third-order valence-electron chi connectivity index (χ3n) is 4.81. The van der Waals surface area contributed by atoms with Crippen molar-refractivity contribution in [1.82, 2.24) is 0 Å². The third-order valence-corrected chi connectivity index (χ3v) is 4.81. The van der Waals surface area contributed by atoms with Crippen LogP contribution in [0.2, 0.25) is 0 Å². The van der Waals surface area contributed by atoms with Crippen LogP contribution in [-0.2, 0) is 0 Å². The van der Waals surface area contributed by atoms with E-state index in [1.54, 1.807) is 0 Å². The molecule has 0 nitrogen and oxygen atoms in total. The van der Waals surface area contributed by atoms with Gasteiger partial charge in [0.05, 0.1) is 0 Å². The molecule has 0 heterocycles. The molecule has 0 saturated heterocycles. The van der Waals surface area contributed by atoms with Gasteiger partial charge in [0.15, 0.2) is 0 Å². The highest BCUT2D eigenvalue weighted by molar-refractivity contribution is 5.02. The van der Waals surface area contributed by atoms with Gasteiger partial charge in [-0.15, -0.1) is 6.58 Å². The lowest BCUT2D eigenvalue weighted by Gasteiger charge is -2.46. The molecule has 1 rings (SSSR count). The molecule has 2 heteroatoms. The van der Waals surface area contributed by atoms with E-state index in [0.717, 1.165) is 38.5 Å². The lowest BCUT2D eigenvalue weighted by molar-refractivity contribution is -0.0793. The number of unbranched alkanes of at least 4 members (excludes halogenated alkanes) is 3. The smallest absolute Gasteiger partial charge is 0.144 e. The molecule has 112 valence electrons. The SMILES string of the molecule is C=CCCCCCC1(C)CCCC(F)(C(C)(C)F)C1. The maximum atomic E-state index is 14.8. The molecular weight excluding hydrogens is 242 g/mol. The Morgan fingerprint density at radius 1 is 1.21 bits per heavy atom. The van der Waals surface area contributed by atoms with Crippen LogP contribution in [0.1, 0.15) is 78.6 Å². The topological polar surface area (TPSA) is 0 Å². The second-order valence-electron chi connectivity index (χ2n) is 7.17. The van der Waals surface area contributed by atoms with Crippen molar-refractivity contribution in [2.45, 2.75) is 89.9 Å². The Morgan fingerprint density at radius 3 is 2.47 bits per heavy atom. The van der Waals surface area contributed by atoms with E-state index in [1.807, 2.05) is 6.08 Å². The number of hydrogen-bond acceptors (Lipinski definition) is 0. The van der Waals surface area contributed by atoms with Crippen LogP contribution in [0.3, 0.4) is 0 Å². The highest BCUT2D eigenvalue weighted by Crippen LogP contribution is 2.51. The van der Waals surface area contributed by atoms with Gasteiger partial charge in [0.1, 0.15) is 11.3 Å². The molecule has 0 radical (unpaired) electrons. The Balaban J connectivity index is 2.50. The van der Waals surface area contributed by atoms with Gasteiger partial charge in [-0.05, 0) is 64.2 Å². The van der Waals surface area contributed by atoms with E-state index in [4.69, 9.17) is 0 Å². The van der Waals surface area contributed by atoms with Crippen molar-refractivity contribution in [1.29, 1.82) is 0 Å². The number of hydrogen-bond donors (Lipinski definition) is 0. The average molecular weight is 272 g/mol. The summed E-state index contributed by atoms with van der Waals surface area (Å²) in [7, 11) is 0. The molecule has 1 aliphatic rings. The summed E-state index contributed by atoms with van der Waals surface area (Å²) < 4.78 is 28.9. The Morgan fingerprint density at radius 2 is 1.89 bits per heavy atom. The molecule has 0 amide bonds. The lowest BCUT2D eigenvalue weighted by atomic mass is 9.63. The lowest BCUT2D eigenvalue weighted by Crippen LogP contribution is -2.49. The minimum Gasteiger partial charge on any atom is -0.241 e. The molecule has 0 aromatic rings. The molecule has 0 bridgehead atoms. The Labute approximate surface area is 117 Å². The van der Waals surface area contributed by atoms with Gasteiger partial charge in [0.25, 0.3) is 0 Å². The van der Waals surface area contributed by atoms with Crippen molar-refractivity contribution in [3.63, 3.8) is 0 Å². The first-order valence-corrected chi connectivity index (χ1v) is 7.71. The van der Waals surface area contributed by atoms with Crippen molar-refractivity contribution in [3.05, 3.63) is 12.7 Å². The summed E-state index contributed by atoms with van der Waals surface area (Å²) in [5, 5.41) is 0. The summed E-state index contributed by atoms with van der Waals surface area (Å²) >= 11 is 0. The first-order chi connectivity index (χ1) is 8.72. The maximum Gasteiger partial charge on any atom is 0.144 e. The van der Waals surface area contributed by atoms with Crippen LogP contribution in [0.25, 0.3) is 0 Å². The van der Waals surface area contributed by atoms with Crippen molar-refractivity contribution in [3.8, 4) is 0 Å². The molecule has 2 atom stereocenters. The van der Waals surface area contributed by atoms with Gasteiger partial charge in [-0.1, -0.05) is 25.8 Å². The maximum absolute atomic E-state index is 14.8. The minimum absolute atomic E-state index is 0.0233. The Bertz CT molecular complexity index is 292. The van der Waals surface area contributed by atoms with E-state index in [0.29, 0.717) is 12.8 Å². The van der Waals surface area contributed by atoms with Crippen LogP contribution in [0, 0.1) is 5.41 Å². The highest BCUT2D eigenvalue weighted by Gasteiger charge is 2.52. The Hall–Kier alpha value is -0.400. The van der Waals surface area contributed by atoms with Crippen LogP contribution in [0.15, 0.2) is 12.7 Å². The van der Waals surface area contributed by atoms with E-state index in [2.05, 4.69) is 13.5 Å². The van der Waals surface area contributed by atoms with Crippen LogP contribution >= 0.6 is 0 Å². The first-order valence-electron chi connectivity index (χ1n) is 7.71. The van der Waals surface area contributed by atoms with E-state index < -0.39 is 11.3 Å². The van der Waals surface area contributed by atoms with E-state index in [1.165, 1.54) is 20.3 Å². The van der Waals surface area contributed by atoms with Crippen molar-refractivity contribution in [2.24, 2.45) is 5.41 Å². The van der Waals surface area contributed by atoms with Crippen molar-refractivity contribution in [2.75, 3.05) is 0 Å². The van der Waals surface area contributed by atoms with Crippen LogP contribution in [0.4, 0.5) is 8.78 Å². The molecule has 0 aliphatic heterocycles. The summed E-state index contributed by atoms with van der Waals surface area (Å²) in [5.41, 5.74) is -3.39. The number of allylic oxidation sites excluding steroid dienone is 1. The summed E-state index contributed by atoms with van der Waals surface area (Å²) in [6.45, 7) is 8.64.